The van der Waals surface area contributed by atoms with E-state index in [1.54, 1.807) is 24.3 Å². The Bertz CT molecular complexity index is 821. The van der Waals surface area contributed by atoms with Crippen LogP contribution in [0.3, 0.4) is 0 Å². The van der Waals surface area contributed by atoms with E-state index in [2.05, 4.69) is 9.17 Å². The van der Waals surface area contributed by atoms with Crippen molar-refractivity contribution in [3.05, 3.63) is 60.0 Å². The standard InChI is InChI=1S/C15H13NO5S/c1-19-22(17,18)21-13-10-6-5-9-12-14(13)20-15(16-12)11-7-3-2-4-8-11/h2-10,13H,1H3. The Labute approximate surface area is 128 Å². The summed E-state index contributed by atoms with van der Waals surface area (Å²) in [6.07, 6.45) is 5.75. The second-order valence-corrected chi connectivity index (χ2v) is 5.81. The zero-order chi connectivity index (χ0) is 15.6. The van der Waals surface area contributed by atoms with E-state index in [-0.39, 0.29) is 0 Å². The molecule has 0 radical (unpaired) electrons. The fraction of sp³-hybridized carbons (Fsp3) is 0.133. The van der Waals surface area contributed by atoms with Crippen LogP contribution in [0, 0.1) is 0 Å². The lowest BCUT2D eigenvalue weighted by Crippen LogP contribution is -2.11. The maximum absolute atomic E-state index is 11.5. The molecule has 1 unspecified atom stereocenters. The van der Waals surface area contributed by atoms with Gasteiger partial charge in [0.25, 0.3) is 0 Å². The van der Waals surface area contributed by atoms with Crippen LogP contribution in [0.25, 0.3) is 17.5 Å². The topological polar surface area (TPSA) is 78.6 Å². The lowest BCUT2D eigenvalue weighted by molar-refractivity contribution is 0.186. The van der Waals surface area contributed by atoms with Crippen LogP contribution in [0.1, 0.15) is 17.6 Å². The summed E-state index contributed by atoms with van der Waals surface area (Å²) in [5.74, 6) is 0.707. The summed E-state index contributed by atoms with van der Waals surface area (Å²) < 4.78 is 38.0. The largest absolute Gasteiger partial charge is 0.437 e. The molecule has 0 amide bonds. The van der Waals surface area contributed by atoms with Crippen molar-refractivity contribution >= 4 is 16.5 Å². The maximum atomic E-state index is 11.5. The first-order valence-electron chi connectivity index (χ1n) is 6.49. The monoisotopic (exact) mass is 319 g/mol. The van der Waals surface area contributed by atoms with E-state index in [9.17, 15) is 8.42 Å². The SMILES string of the molecule is COS(=O)(=O)OC1C=CC=Cc2nc(-c3ccccc3)oc21. The van der Waals surface area contributed by atoms with Crippen molar-refractivity contribution in [2.45, 2.75) is 6.10 Å². The first-order valence-corrected chi connectivity index (χ1v) is 7.82. The zero-order valence-corrected chi connectivity index (χ0v) is 12.5. The fourth-order valence-electron chi connectivity index (χ4n) is 2.01. The molecule has 2 aromatic rings. The van der Waals surface area contributed by atoms with E-state index in [1.807, 2.05) is 30.3 Å². The molecule has 0 spiro atoms. The first kappa shape index (κ1) is 14.7. The molecule has 3 rings (SSSR count). The number of allylic oxidation sites excluding steroid dienone is 2. The van der Waals surface area contributed by atoms with Crippen LogP contribution >= 0.6 is 0 Å². The van der Waals surface area contributed by atoms with E-state index >= 15 is 0 Å². The molecule has 0 fully saturated rings. The fourth-order valence-corrected chi connectivity index (χ4v) is 2.50. The van der Waals surface area contributed by atoms with E-state index in [0.29, 0.717) is 17.3 Å². The van der Waals surface area contributed by atoms with Gasteiger partial charge >= 0.3 is 10.4 Å². The minimum absolute atomic E-state index is 0.310. The Hall–Kier alpha value is -2.22. The molecule has 0 saturated carbocycles. The molecule has 1 aromatic carbocycles. The third kappa shape index (κ3) is 3.01. The molecule has 1 aliphatic carbocycles. The summed E-state index contributed by atoms with van der Waals surface area (Å²) >= 11 is 0. The smallest absolute Gasteiger partial charge is 0.400 e. The average molecular weight is 319 g/mol. The molecule has 0 saturated heterocycles. The van der Waals surface area contributed by atoms with Crippen LogP contribution < -0.4 is 0 Å². The number of oxazole rings is 1. The second-order valence-electron chi connectivity index (χ2n) is 4.47. The van der Waals surface area contributed by atoms with E-state index in [0.717, 1.165) is 12.7 Å². The number of hydrogen-bond donors (Lipinski definition) is 0. The number of nitrogens with zero attached hydrogens (tertiary/aromatic N) is 1. The highest BCUT2D eigenvalue weighted by molar-refractivity contribution is 7.81. The number of benzene rings is 1. The molecule has 6 nitrogen and oxygen atoms in total. The molecule has 7 heteroatoms. The Morgan fingerprint density at radius 1 is 1.18 bits per heavy atom. The van der Waals surface area contributed by atoms with Gasteiger partial charge in [-0.15, -0.1) is 0 Å². The van der Waals surface area contributed by atoms with Gasteiger partial charge in [0.2, 0.25) is 5.89 Å². The van der Waals surface area contributed by atoms with Gasteiger partial charge in [-0.1, -0.05) is 30.4 Å². The lowest BCUT2D eigenvalue weighted by Gasteiger charge is -2.09. The van der Waals surface area contributed by atoms with Crippen molar-refractivity contribution in [3.8, 4) is 11.5 Å². The quantitative estimate of drug-likeness (QED) is 0.862. The van der Waals surface area contributed by atoms with Crippen LogP contribution in [-0.2, 0) is 18.8 Å². The minimum atomic E-state index is -4.10. The second kappa shape index (κ2) is 5.88. The normalized spacial score (nSPS) is 17.2. The van der Waals surface area contributed by atoms with E-state index in [1.165, 1.54) is 0 Å². The molecule has 1 aliphatic rings. The Morgan fingerprint density at radius 2 is 1.95 bits per heavy atom. The predicted molar refractivity (Wildman–Crippen MR) is 79.9 cm³/mol. The summed E-state index contributed by atoms with van der Waals surface area (Å²) in [6.45, 7) is 0. The van der Waals surface area contributed by atoms with Gasteiger partial charge in [-0.2, -0.15) is 8.42 Å². The van der Waals surface area contributed by atoms with Crippen molar-refractivity contribution in [3.63, 3.8) is 0 Å². The summed E-state index contributed by atoms with van der Waals surface area (Å²) in [6, 6.07) is 9.32. The van der Waals surface area contributed by atoms with Gasteiger partial charge in [0, 0.05) is 5.56 Å². The molecular weight excluding hydrogens is 306 g/mol. The van der Waals surface area contributed by atoms with Crippen LogP contribution in [-0.4, -0.2) is 20.5 Å². The van der Waals surface area contributed by atoms with Gasteiger partial charge in [-0.3, -0.25) is 4.18 Å². The third-order valence-corrected chi connectivity index (χ3v) is 3.89. The summed E-state index contributed by atoms with van der Waals surface area (Å²) in [4.78, 5) is 4.38. The molecule has 0 N–H and O–H groups in total. The van der Waals surface area contributed by atoms with Crippen molar-refractivity contribution in [1.29, 1.82) is 0 Å². The molecule has 0 aliphatic heterocycles. The van der Waals surface area contributed by atoms with Gasteiger partial charge in [0.1, 0.15) is 5.69 Å². The van der Waals surface area contributed by atoms with Crippen molar-refractivity contribution in [1.82, 2.24) is 4.98 Å². The van der Waals surface area contributed by atoms with Crippen LogP contribution in [0.5, 0.6) is 0 Å². The van der Waals surface area contributed by atoms with Crippen molar-refractivity contribution in [2.75, 3.05) is 7.11 Å². The molecular formula is C15H13NO5S. The minimum Gasteiger partial charge on any atom is -0.437 e. The zero-order valence-electron chi connectivity index (χ0n) is 11.7. The first-order chi connectivity index (χ1) is 10.6. The highest BCUT2D eigenvalue weighted by Gasteiger charge is 2.26. The molecule has 0 bridgehead atoms. The van der Waals surface area contributed by atoms with Gasteiger partial charge in [-0.05, 0) is 24.3 Å². The summed E-state index contributed by atoms with van der Waals surface area (Å²) in [7, 11) is -3.07. The Kier molecular flexibility index (Phi) is 3.93. The Morgan fingerprint density at radius 3 is 2.68 bits per heavy atom. The predicted octanol–water partition coefficient (Wildman–Crippen LogP) is 2.87. The summed E-state index contributed by atoms with van der Waals surface area (Å²) in [5, 5.41) is 0. The van der Waals surface area contributed by atoms with Crippen LogP contribution in [0.4, 0.5) is 0 Å². The van der Waals surface area contributed by atoms with Gasteiger partial charge < -0.3 is 4.42 Å². The van der Waals surface area contributed by atoms with Crippen LogP contribution in [0.2, 0.25) is 0 Å². The highest BCUT2D eigenvalue weighted by Crippen LogP contribution is 2.32. The highest BCUT2D eigenvalue weighted by atomic mass is 32.3. The maximum Gasteiger partial charge on any atom is 0.400 e. The van der Waals surface area contributed by atoms with Crippen molar-refractivity contribution < 1.29 is 21.2 Å². The third-order valence-electron chi connectivity index (χ3n) is 3.04. The van der Waals surface area contributed by atoms with Gasteiger partial charge in [0.15, 0.2) is 11.9 Å². The molecule has 1 aromatic heterocycles. The summed E-state index contributed by atoms with van der Waals surface area (Å²) in [5.41, 5.74) is 1.31. The van der Waals surface area contributed by atoms with Crippen LogP contribution in [0.15, 0.2) is 53.0 Å². The van der Waals surface area contributed by atoms with E-state index < -0.39 is 16.5 Å². The molecule has 22 heavy (non-hydrogen) atoms. The molecule has 114 valence electrons. The number of aromatic nitrogens is 1. The lowest BCUT2D eigenvalue weighted by atomic mass is 10.2. The van der Waals surface area contributed by atoms with Gasteiger partial charge in [-0.25, -0.2) is 9.17 Å². The number of fused-ring (bicyclic) bond motifs is 1. The molecule has 1 heterocycles. The Balaban J connectivity index is 2.01. The van der Waals surface area contributed by atoms with E-state index in [4.69, 9.17) is 8.60 Å². The van der Waals surface area contributed by atoms with Gasteiger partial charge in [0.05, 0.1) is 7.11 Å². The number of hydrogen-bond acceptors (Lipinski definition) is 6. The molecule has 1 atom stereocenters. The number of rotatable bonds is 4. The average Bonchev–Trinajstić information content (AvgIpc) is 2.87. The van der Waals surface area contributed by atoms with Crippen molar-refractivity contribution in [2.24, 2.45) is 0 Å².